The number of aromatic nitrogens is 3. The van der Waals surface area contributed by atoms with Gasteiger partial charge in [0.05, 0.1) is 0 Å². The Morgan fingerprint density at radius 3 is 0.485 bits per heavy atom. The summed E-state index contributed by atoms with van der Waals surface area (Å²) < 4.78 is 0. The molecule has 0 spiro atoms. The van der Waals surface area contributed by atoms with Gasteiger partial charge in [-0.25, -0.2) is 0 Å². The summed E-state index contributed by atoms with van der Waals surface area (Å²) in [5, 5.41) is 0. The van der Waals surface area contributed by atoms with E-state index in [0.717, 1.165) is 0 Å². The number of rotatable bonds is 0. The van der Waals surface area contributed by atoms with Crippen molar-refractivity contribution >= 4 is 0 Å². The number of hydrogen-bond donors (Lipinski definition) is 0. The lowest BCUT2D eigenvalue weighted by Crippen LogP contribution is -1.68. The highest BCUT2D eigenvalue weighted by Crippen LogP contribution is 1.90. The number of aryl methyl sites for hydroxylation is 3. The van der Waals surface area contributed by atoms with Crippen LogP contribution in [0.15, 0.2) is 73.6 Å². The van der Waals surface area contributed by atoms with Crippen molar-refractivity contribution < 1.29 is 0 Å². The quantitative estimate of drug-likeness (QED) is 0.335. The molecule has 3 nitrogen and oxygen atoms in total. The molecule has 0 fully saturated rings. The minimum Gasteiger partial charge on any atom is -0.265 e. The van der Waals surface area contributed by atoms with Crippen molar-refractivity contribution in [3.63, 3.8) is 0 Å². The van der Waals surface area contributed by atoms with Crippen molar-refractivity contribution in [3.8, 4) is 0 Å². The lowest BCUT2D eigenvalue weighted by atomic mass is 10.3. The highest BCUT2D eigenvalue weighted by atomic mass is 14.6. The Hall–Kier alpha value is -2.55. The van der Waals surface area contributed by atoms with E-state index < -0.39 is 0 Å². The zero-order valence-corrected chi connectivity index (χ0v) is 24.8. The van der Waals surface area contributed by atoms with Crippen LogP contribution < -0.4 is 0 Å². The molecule has 0 aromatic carbocycles. The van der Waals surface area contributed by atoms with E-state index in [1.165, 1.54) is 16.7 Å². The maximum absolute atomic E-state index is 3.85. The Labute approximate surface area is 209 Å². The Morgan fingerprint density at radius 1 is 0.303 bits per heavy atom. The predicted molar refractivity (Wildman–Crippen MR) is 155 cm³/mol. The van der Waals surface area contributed by atoms with Gasteiger partial charge in [-0.05, 0) is 73.9 Å². The zero-order valence-electron chi connectivity index (χ0n) is 24.8. The second-order valence-corrected chi connectivity index (χ2v) is 4.57. The third kappa shape index (κ3) is 48.2. The van der Waals surface area contributed by atoms with Gasteiger partial charge in [0.1, 0.15) is 0 Å². The van der Waals surface area contributed by atoms with Crippen LogP contribution >= 0.6 is 0 Å². The van der Waals surface area contributed by atoms with Crippen molar-refractivity contribution in [2.24, 2.45) is 0 Å². The molecule has 3 rings (SSSR count). The third-order valence-corrected chi connectivity index (χ3v) is 2.54. The first-order chi connectivity index (χ1) is 16.2. The normalized spacial score (nSPS) is 6.64. The van der Waals surface area contributed by atoms with Crippen LogP contribution in [0.3, 0.4) is 0 Å². The average molecular weight is 460 g/mol. The third-order valence-electron chi connectivity index (χ3n) is 2.54. The first-order valence-corrected chi connectivity index (χ1v) is 12.8. The van der Waals surface area contributed by atoms with E-state index in [0.29, 0.717) is 0 Å². The molecule has 33 heavy (non-hydrogen) atoms. The van der Waals surface area contributed by atoms with Crippen LogP contribution in [0.2, 0.25) is 0 Å². The molecule has 3 aromatic heterocycles. The number of pyridine rings is 3. The molecule has 0 aliphatic carbocycles. The maximum atomic E-state index is 3.85. The van der Waals surface area contributed by atoms with Crippen LogP contribution in [0, 0.1) is 20.8 Å². The first kappa shape index (κ1) is 44.2. The van der Waals surface area contributed by atoms with E-state index >= 15 is 0 Å². The van der Waals surface area contributed by atoms with E-state index in [9.17, 15) is 0 Å². The largest absolute Gasteiger partial charge is 0.265 e. The van der Waals surface area contributed by atoms with Gasteiger partial charge in [0.2, 0.25) is 0 Å². The summed E-state index contributed by atoms with van der Waals surface area (Å²) in [6, 6.07) is 11.8. The van der Waals surface area contributed by atoms with Crippen molar-refractivity contribution in [1.82, 2.24) is 15.0 Å². The molecule has 0 radical (unpaired) electrons. The molecule has 0 saturated carbocycles. The summed E-state index contributed by atoms with van der Waals surface area (Å²) in [4.78, 5) is 11.5. The fourth-order valence-electron chi connectivity index (χ4n) is 1.28. The van der Waals surface area contributed by atoms with Gasteiger partial charge in [-0.1, -0.05) is 83.1 Å². The molecule has 3 heteroatoms. The van der Waals surface area contributed by atoms with Gasteiger partial charge < -0.3 is 0 Å². The minimum atomic E-state index is 1.26. The molecule has 0 saturated heterocycles. The monoisotopic (exact) mass is 459 g/mol. The molecule has 0 unspecified atom stereocenters. The van der Waals surface area contributed by atoms with Crippen LogP contribution in [0.25, 0.3) is 0 Å². The summed E-state index contributed by atoms with van der Waals surface area (Å²) in [6.07, 6.45) is 10.7. The molecule has 0 aliphatic rings. The topological polar surface area (TPSA) is 38.7 Å². The van der Waals surface area contributed by atoms with E-state index in [1.54, 1.807) is 37.2 Å². The molecule has 0 N–H and O–H groups in total. The second-order valence-electron chi connectivity index (χ2n) is 4.57. The predicted octanol–water partition coefficient (Wildman–Crippen LogP) is 10.3. The van der Waals surface area contributed by atoms with Crippen LogP contribution in [0.5, 0.6) is 0 Å². The summed E-state index contributed by atoms with van der Waals surface area (Å²) in [7, 11) is 0. The van der Waals surface area contributed by atoms with Crippen molar-refractivity contribution in [3.05, 3.63) is 90.3 Å². The SMILES string of the molecule is CC.CC.CC.CC.CC.CC.Cc1ccncc1.Cc1ccncc1.Cc1ccncc1. The van der Waals surface area contributed by atoms with Gasteiger partial charge in [-0.3, -0.25) is 15.0 Å². The van der Waals surface area contributed by atoms with E-state index in [1.807, 2.05) is 140 Å². The van der Waals surface area contributed by atoms with Crippen LogP contribution in [-0.2, 0) is 0 Å². The molecule has 0 atom stereocenters. The summed E-state index contributed by atoms with van der Waals surface area (Å²) in [5.74, 6) is 0. The van der Waals surface area contributed by atoms with E-state index in [2.05, 4.69) is 15.0 Å². The lowest BCUT2D eigenvalue weighted by molar-refractivity contribution is 1.29. The standard InChI is InChI=1S/3C6H7N.6C2H6/c3*1-6-2-4-7-5-3-6;6*1-2/h3*2-5H,1H3;6*1-2H3. The van der Waals surface area contributed by atoms with Gasteiger partial charge in [0.25, 0.3) is 0 Å². The molecule has 3 heterocycles. The van der Waals surface area contributed by atoms with Crippen molar-refractivity contribution in [2.45, 2.75) is 104 Å². The first-order valence-electron chi connectivity index (χ1n) is 12.8. The van der Waals surface area contributed by atoms with Crippen LogP contribution in [0.1, 0.15) is 99.8 Å². The van der Waals surface area contributed by atoms with E-state index in [4.69, 9.17) is 0 Å². The fraction of sp³-hybridized carbons (Fsp3) is 0.500. The van der Waals surface area contributed by atoms with Gasteiger partial charge in [-0.2, -0.15) is 0 Å². The Balaban J connectivity index is -0.0000000676. The van der Waals surface area contributed by atoms with Gasteiger partial charge in [0.15, 0.2) is 0 Å². The van der Waals surface area contributed by atoms with Crippen LogP contribution in [0.4, 0.5) is 0 Å². The highest BCUT2D eigenvalue weighted by molar-refractivity contribution is 5.06. The zero-order chi connectivity index (χ0) is 27.3. The molecule has 0 aliphatic heterocycles. The molecule has 0 amide bonds. The minimum absolute atomic E-state index is 1.26. The fourth-order valence-corrected chi connectivity index (χ4v) is 1.28. The van der Waals surface area contributed by atoms with Crippen LogP contribution in [-0.4, -0.2) is 15.0 Å². The molecule has 192 valence electrons. The molecular weight excluding hydrogens is 402 g/mol. The van der Waals surface area contributed by atoms with Crippen molar-refractivity contribution in [1.29, 1.82) is 0 Å². The Kier molecular flexibility index (Phi) is 69.4. The smallest absolute Gasteiger partial charge is 0.0270 e. The Morgan fingerprint density at radius 2 is 0.424 bits per heavy atom. The average Bonchev–Trinajstić information content (AvgIpc) is 2.93. The summed E-state index contributed by atoms with van der Waals surface area (Å²) in [6.45, 7) is 30.1. The van der Waals surface area contributed by atoms with Crippen molar-refractivity contribution in [2.75, 3.05) is 0 Å². The molecule has 0 bridgehead atoms. The van der Waals surface area contributed by atoms with E-state index in [-0.39, 0.29) is 0 Å². The maximum Gasteiger partial charge on any atom is 0.0270 e. The number of hydrogen-bond acceptors (Lipinski definition) is 3. The van der Waals surface area contributed by atoms with Gasteiger partial charge in [0, 0.05) is 37.2 Å². The van der Waals surface area contributed by atoms with Gasteiger partial charge in [-0.15, -0.1) is 0 Å². The second kappa shape index (κ2) is 51.8. The summed E-state index contributed by atoms with van der Waals surface area (Å²) in [5.41, 5.74) is 3.78. The summed E-state index contributed by atoms with van der Waals surface area (Å²) >= 11 is 0. The lowest BCUT2D eigenvalue weighted by Gasteiger charge is -1.82. The van der Waals surface area contributed by atoms with Gasteiger partial charge >= 0.3 is 0 Å². The molecule has 3 aromatic rings. The molecular formula is C30H57N3. The Bertz CT molecular complexity index is 494. The number of nitrogens with zero attached hydrogens (tertiary/aromatic N) is 3. The highest BCUT2D eigenvalue weighted by Gasteiger charge is 1.74.